The first kappa shape index (κ1) is 20.0. The second-order valence-electron chi connectivity index (χ2n) is 9.32. The largest absolute Gasteiger partial charge is 0.346 e. The Morgan fingerprint density at radius 1 is 0.815 bits per heavy atom. The maximum absolute atomic E-state index is 13.0. The topological polar surface area (TPSA) is 40.6 Å². The molecule has 0 N–H and O–H groups in total. The molecule has 1 aliphatic heterocycles. The summed E-state index contributed by atoms with van der Waals surface area (Å²) < 4.78 is 2.70. The number of nitrogens with zero attached hydrogens (tertiary/aromatic N) is 2. The Labute approximate surface area is 164 Å². The number of carbonyl (C=O) groups is 2. The zero-order chi connectivity index (χ0) is 20.0. The quantitative estimate of drug-likeness (QED) is 0.518. The summed E-state index contributed by atoms with van der Waals surface area (Å²) in [5.41, 5.74) is 1.30. The first-order chi connectivity index (χ1) is 12.5. The van der Waals surface area contributed by atoms with Crippen LogP contribution in [-0.4, -0.2) is 50.5 Å². The summed E-state index contributed by atoms with van der Waals surface area (Å²) in [5.74, 6) is -0.311. The second-order valence-corrected chi connectivity index (χ2v) is 19.5. The van der Waals surface area contributed by atoms with Crippen molar-refractivity contribution in [2.45, 2.75) is 45.7 Å². The Kier molecular flexibility index (Phi) is 5.18. The van der Waals surface area contributed by atoms with E-state index < -0.39 is 16.5 Å². The fourth-order valence-corrected chi connectivity index (χ4v) is 14.1. The molecule has 0 spiro atoms. The molecule has 0 radical (unpaired) electrons. The summed E-state index contributed by atoms with van der Waals surface area (Å²) >= 11 is 0. The van der Waals surface area contributed by atoms with Crippen molar-refractivity contribution < 1.29 is 9.59 Å². The molecule has 2 amide bonds. The van der Waals surface area contributed by atoms with Crippen molar-refractivity contribution in [3.8, 4) is 0 Å². The predicted molar refractivity (Wildman–Crippen MR) is 117 cm³/mol. The second kappa shape index (κ2) is 7.00. The van der Waals surface area contributed by atoms with Crippen LogP contribution in [0, 0.1) is 0 Å². The SMILES string of the molecule is C[Si](C)(C)N(CCCN1C(=O)c2cccc3cccc(c23)C1=O)[Si](C)(C)C. The van der Waals surface area contributed by atoms with E-state index >= 15 is 0 Å². The maximum atomic E-state index is 13.0. The summed E-state index contributed by atoms with van der Waals surface area (Å²) in [6.45, 7) is 15.7. The van der Waals surface area contributed by atoms with Gasteiger partial charge in [0.25, 0.3) is 11.8 Å². The number of benzene rings is 2. The van der Waals surface area contributed by atoms with Crippen molar-refractivity contribution in [3.05, 3.63) is 47.5 Å². The first-order valence-electron chi connectivity index (χ1n) is 9.67. The number of hydrogen-bond donors (Lipinski definition) is 0. The van der Waals surface area contributed by atoms with Crippen LogP contribution in [0.5, 0.6) is 0 Å². The number of carbonyl (C=O) groups excluding carboxylic acids is 2. The van der Waals surface area contributed by atoms with Crippen molar-refractivity contribution in [3.63, 3.8) is 0 Å². The molecule has 27 heavy (non-hydrogen) atoms. The number of rotatable bonds is 6. The fourth-order valence-electron chi connectivity index (χ4n) is 4.35. The van der Waals surface area contributed by atoms with Gasteiger partial charge in [-0.1, -0.05) is 63.5 Å². The fraction of sp³-hybridized carbons (Fsp3) is 0.429. The molecule has 1 heterocycles. The molecule has 4 nitrogen and oxygen atoms in total. The molecule has 6 heteroatoms. The van der Waals surface area contributed by atoms with Crippen molar-refractivity contribution in [2.24, 2.45) is 0 Å². The van der Waals surface area contributed by atoms with Crippen LogP contribution >= 0.6 is 0 Å². The molecule has 0 unspecified atom stereocenters. The van der Waals surface area contributed by atoms with E-state index in [0.717, 1.165) is 23.7 Å². The predicted octanol–water partition coefficient (Wildman–Crippen LogP) is 4.80. The lowest BCUT2D eigenvalue weighted by molar-refractivity contribution is 0.0608. The summed E-state index contributed by atoms with van der Waals surface area (Å²) in [5, 5.41) is 1.76. The Bertz CT molecular complexity index is 832. The standard InChI is InChI=1S/C21H30N2O2Si2/c1-26(2,3)23(27(4,5)6)15-9-14-22-20(24)17-12-7-10-16-11-8-13-18(19(16)17)21(22)25/h7-8,10-13H,9,14-15H2,1-6H3. The highest BCUT2D eigenvalue weighted by Gasteiger charge is 2.35. The molecule has 0 aliphatic carbocycles. The average molecular weight is 399 g/mol. The van der Waals surface area contributed by atoms with E-state index in [-0.39, 0.29) is 11.8 Å². The van der Waals surface area contributed by atoms with Gasteiger partial charge in [-0.15, -0.1) is 0 Å². The van der Waals surface area contributed by atoms with Crippen LogP contribution in [-0.2, 0) is 0 Å². The molecule has 144 valence electrons. The molecule has 0 atom stereocenters. The monoisotopic (exact) mass is 398 g/mol. The van der Waals surface area contributed by atoms with E-state index in [1.807, 2.05) is 36.4 Å². The van der Waals surface area contributed by atoms with Crippen LogP contribution in [0.3, 0.4) is 0 Å². The number of imide groups is 1. The van der Waals surface area contributed by atoms with Gasteiger partial charge in [0.2, 0.25) is 0 Å². The van der Waals surface area contributed by atoms with E-state index in [9.17, 15) is 9.59 Å². The lowest BCUT2D eigenvalue weighted by atomic mass is 9.94. The van der Waals surface area contributed by atoms with Gasteiger partial charge in [0.05, 0.1) is 0 Å². The van der Waals surface area contributed by atoms with Crippen LogP contribution in [0.4, 0.5) is 0 Å². The third-order valence-corrected chi connectivity index (χ3v) is 12.9. The first-order valence-corrected chi connectivity index (χ1v) is 16.6. The van der Waals surface area contributed by atoms with E-state index in [2.05, 4.69) is 43.5 Å². The van der Waals surface area contributed by atoms with Crippen LogP contribution in [0.1, 0.15) is 27.1 Å². The summed E-state index contributed by atoms with van der Waals surface area (Å²) in [4.78, 5) is 27.4. The molecule has 0 saturated carbocycles. The highest BCUT2D eigenvalue weighted by atomic mass is 28.4. The maximum Gasteiger partial charge on any atom is 0.261 e. The van der Waals surface area contributed by atoms with E-state index in [1.165, 1.54) is 4.90 Å². The average Bonchev–Trinajstić information content (AvgIpc) is 2.56. The normalized spacial score (nSPS) is 15.1. The number of hydrogen-bond acceptors (Lipinski definition) is 3. The molecule has 2 aromatic rings. The molecule has 1 aliphatic rings. The highest BCUT2D eigenvalue weighted by molar-refractivity contribution is 6.89. The van der Waals surface area contributed by atoms with Gasteiger partial charge in [-0.3, -0.25) is 14.5 Å². The van der Waals surface area contributed by atoms with Gasteiger partial charge in [0, 0.05) is 23.1 Å². The molecule has 0 saturated heterocycles. The van der Waals surface area contributed by atoms with Gasteiger partial charge in [-0.25, -0.2) is 0 Å². The molecule has 2 aromatic carbocycles. The van der Waals surface area contributed by atoms with Crippen LogP contribution in [0.2, 0.25) is 39.3 Å². The third kappa shape index (κ3) is 3.79. The summed E-state index contributed by atoms with van der Waals surface area (Å²) in [7, 11) is -2.87. The molecule has 0 bridgehead atoms. The van der Waals surface area contributed by atoms with E-state index in [0.29, 0.717) is 17.7 Å². The lowest BCUT2D eigenvalue weighted by Crippen LogP contribution is -2.59. The van der Waals surface area contributed by atoms with Crippen LogP contribution < -0.4 is 0 Å². The molecular weight excluding hydrogens is 368 g/mol. The van der Waals surface area contributed by atoms with Gasteiger partial charge in [0.1, 0.15) is 16.5 Å². The van der Waals surface area contributed by atoms with Crippen molar-refractivity contribution in [2.75, 3.05) is 13.1 Å². The number of amides is 2. The Morgan fingerprint density at radius 2 is 1.30 bits per heavy atom. The van der Waals surface area contributed by atoms with Crippen LogP contribution in [0.15, 0.2) is 36.4 Å². The van der Waals surface area contributed by atoms with E-state index in [4.69, 9.17) is 0 Å². The third-order valence-electron chi connectivity index (χ3n) is 5.24. The molecule has 0 aromatic heterocycles. The molecule has 3 rings (SSSR count). The van der Waals surface area contributed by atoms with Crippen molar-refractivity contribution in [1.82, 2.24) is 9.13 Å². The zero-order valence-electron chi connectivity index (χ0n) is 17.3. The Hall–Kier alpha value is -1.77. The minimum atomic E-state index is -1.43. The molecular formula is C21H30N2O2Si2. The van der Waals surface area contributed by atoms with Gasteiger partial charge in [0.15, 0.2) is 0 Å². The minimum absolute atomic E-state index is 0.156. The Balaban J connectivity index is 1.81. The molecule has 0 fully saturated rings. The van der Waals surface area contributed by atoms with E-state index in [1.54, 1.807) is 0 Å². The highest BCUT2D eigenvalue weighted by Crippen LogP contribution is 2.30. The summed E-state index contributed by atoms with van der Waals surface area (Å²) in [6, 6.07) is 11.4. The van der Waals surface area contributed by atoms with Crippen LogP contribution in [0.25, 0.3) is 10.8 Å². The Morgan fingerprint density at radius 3 is 1.74 bits per heavy atom. The van der Waals surface area contributed by atoms with Gasteiger partial charge in [-0.2, -0.15) is 0 Å². The van der Waals surface area contributed by atoms with Crippen molar-refractivity contribution in [1.29, 1.82) is 0 Å². The lowest BCUT2D eigenvalue weighted by Gasteiger charge is -2.44. The zero-order valence-corrected chi connectivity index (χ0v) is 19.3. The minimum Gasteiger partial charge on any atom is -0.346 e. The summed E-state index contributed by atoms with van der Waals surface area (Å²) in [6.07, 6.45) is 0.824. The van der Waals surface area contributed by atoms with Gasteiger partial charge >= 0.3 is 0 Å². The smallest absolute Gasteiger partial charge is 0.261 e. The van der Waals surface area contributed by atoms with Crippen molar-refractivity contribution >= 4 is 39.1 Å². The van der Waals surface area contributed by atoms with Gasteiger partial charge in [-0.05, 0) is 30.5 Å². The van der Waals surface area contributed by atoms with Gasteiger partial charge < -0.3 is 4.23 Å².